The van der Waals surface area contributed by atoms with Crippen molar-refractivity contribution in [3.05, 3.63) is 0 Å². The number of likely N-dealkylation sites (tertiary alicyclic amines) is 1. The van der Waals surface area contributed by atoms with E-state index >= 15 is 0 Å². The van der Waals surface area contributed by atoms with E-state index in [4.69, 9.17) is 0 Å². The minimum atomic E-state index is -1.67. The molecule has 0 N–H and O–H groups in total. The molecule has 0 radical (unpaired) electrons. The molecule has 0 aromatic carbocycles. The third-order valence-corrected chi connectivity index (χ3v) is 9.17. The molecular formula is C19H42N4O2S3. The lowest BCUT2D eigenvalue weighted by atomic mass is 10.1. The summed E-state index contributed by atoms with van der Waals surface area (Å²) in [6.07, 6.45) is 4.28. The summed E-state index contributed by atoms with van der Waals surface area (Å²) in [6.45, 7) is 5.87. The van der Waals surface area contributed by atoms with Gasteiger partial charge in [-0.1, -0.05) is 6.42 Å². The van der Waals surface area contributed by atoms with Crippen LogP contribution in [0.3, 0.4) is 0 Å². The molecule has 4 heterocycles. The van der Waals surface area contributed by atoms with Gasteiger partial charge in [-0.3, -0.25) is 23.1 Å². The highest BCUT2D eigenvalue weighted by atomic mass is 32.2. The van der Waals surface area contributed by atoms with Crippen molar-refractivity contribution >= 4 is 38.0 Å². The van der Waals surface area contributed by atoms with Gasteiger partial charge in [-0.05, 0) is 69.5 Å². The molecule has 0 spiro atoms. The highest BCUT2D eigenvalue weighted by Gasteiger charge is 2.15. The number of thioether (sulfide) groups is 1. The summed E-state index contributed by atoms with van der Waals surface area (Å²) in [7, 11) is 6.11. The van der Waals surface area contributed by atoms with Crippen LogP contribution >= 0.6 is 11.8 Å². The molecule has 6 nitrogen and oxygen atoms in total. The van der Waals surface area contributed by atoms with E-state index in [9.17, 15) is 8.42 Å². The van der Waals surface area contributed by atoms with Crippen LogP contribution in [0.5, 0.6) is 0 Å². The minimum absolute atomic E-state index is 0.527. The molecule has 2 atom stereocenters. The lowest BCUT2D eigenvalue weighted by Gasteiger charge is -2.20. The minimum Gasteiger partial charge on any atom is -0.306 e. The van der Waals surface area contributed by atoms with Crippen molar-refractivity contribution in [3.63, 3.8) is 0 Å². The molecule has 0 saturated carbocycles. The molecule has 0 aromatic heterocycles. The van der Waals surface area contributed by atoms with Crippen LogP contribution in [0.25, 0.3) is 0 Å². The second-order valence-electron chi connectivity index (χ2n) is 8.21. The number of hydrogen-bond acceptors (Lipinski definition) is 7. The third kappa shape index (κ3) is 13.6. The van der Waals surface area contributed by atoms with Gasteiger partial charge in [0.05, 0.1) is 11.8 Å². The number of nitrogens with zero attached hydrogens (tertiary/aromatic N) is 4. The van der Waals surface area contributed by atoms with Gasteiger partial charge in [-0.25, -0.2) is 0 Å². The van der Waals surface area contributed by atoms with Gasteiger partial charge in [0.15, 0.2) is 0 Å². The predicted molar refractivity (Wildman–Crippen MR) is 129 cm³/mol. The Morgan fingerprint density at radius 3 is 1.71 bits per heavy atom. The molecule has 4 rings (SSSR count). The van der Waals surface area contributed by atoms with Crippen molar-refractivity contribution in [2.75, 3.05) is 95.8 Å². The van der Waals surface area contributed by atoms with Gasteiger partial charge in [0, 0.05) is 53.6 Å². The van der Waals surface area contributed by atoms with E-state index in [0.29, 0.717) is 5.88 Å². The average Bonchev–Trinajstić information content (AvgIpc) is 3.33. The lowest BCUT2D eigenvalue weighted by Crippen LogP contribution is -2.24. The summed E-state index contributed by atoms with van der Waals surface area (Å²) >= 11 is 2.01. The zero-order chi connectivity index (χ0) is 21.0. The smallest absolute Gasteiger partial charge is 0.0745 e. The van der Waals surface area contributed by atoms with Gasteiger partial charge in [0.25, 0.3) is 0 Å². The highest BCUT2D eigenvalue weighted by Crippen LogP contribution is 2.09. The Morgan fingerprint density at radius 1 is 0.857 bits per heavy atom. The van der Waals surface area contributed by atoms with Gasteiger partial charge >= 0.3 is 0 Å². The Bertz CT molecular complexity index is 533. The highest BCUT2D eigenvalue weighted by molar-refractivity contribution is 8.00. The molecule has 28 heavy (non-hydrogen) atoms. The zero-order valence-corrected chi connectivity index (χ0v) is 20.9. The van der Waals surface area contributed by atoms with Crippen LogP contribution in [0.1, 0.15) is 19.3 Å². The van der Waals surface area contributed by atoms with E-state index in [-0.39, 0.29) is 0 Å². The van der Waals surface area contributed by atoms with Crippen molar-refractivity contribution < 1.29 is 8.42 Å². The van der Waals surface area contributed by atoms with Gasteiger partial charge in [-0.2, -0.15) is 0 Å². The van der Waals surface area contributed by atoms with Crippen LogP contribution in [0.4, 0.5) is 0 Å². The van der Waals surface area contributed by atoms with Crippen molar-refractivity contribution in [2.45, 2.75) is 19.3 Å². The van der Waals surface area contributed by atoms with E-state index in [2.05, 4.69) is 39.6 Å². The maximum absolute atomic E-state index is 11.0. The summed E-state index contributed by atoms with van der Waals surface area (Å²) in [6, 6.07) is 0. The van der Waals surface area contributed by atoms with E-state index in [1.807, 2.05) is 25.9 Å². The Hall–Kier alpha value is 0.360. The standard InChI is InChI=1S/C6H13N.C5H11NOS.C4H9NOS.C4H9NS/c1-7-5-3-2-4-6-7;1-6-3-4-8(2,7)5-6;1-5-2-3-7(6)4-5;1-5-2-3-6-4-5/h2-6H2,1H3;2-5H2,1H3;2-4H2,1H3;2-4H2,1H3. The average molecular weight is 455 g/mol. The van der Waals surface area contributed by atoms with E-state index in [0.717, 1.165) is 30.5 Å². The molecule has 2 unspecified atom stereocenters. The molecule has 0 amide bonds. The summed E-state index contributed by atoms with van der Waals surface area (Å²) < 4.78 is 21.6. The Kier molecular flexibility index (Phi) is 13.6. The molecule has 4 saturated heterocycles. The van der Waals surface area contributed by atoms with Gasteiger partial charge < -0.3 is 4.90 Å². The largest absolute Gasteiger partial charge is 0.306 e. The zero-order valence-electron chi connectivity index (χ0n) is 18.4. The normalized spacial score (nSPS) is 31.9. The second kappa shape index (κ2) is 14.4. The first-order chi connectivity index (χ1) is 13.2. The van der Waals surface area contributed by atoms with Crippen LogP contribution in [0.15, 0.2) is 0 Å². The van der Waals surface area contributed by atoms with Crippen molar-refractivity contribution in [3.8, 4) is 0 Å². The maximum atomic E-state index is 11.0. The quantitative estimate of drug-likeness (QED) is 0.506. The SMILES string of the molecule is C=S1(=O)CCN(C)C1.CN1CCCCC1.CN1CCS(=O)C1.CN1CCSC1. The van der Waals surface area contributed by atoms with Crippen LogP contribution in [-0.2, 0) is 20.3 Å². The maximum Gasteiger partial charge on any atom is 0.0745 e. The Morgan fingerprint density at radius 2 is 1.54 bits per heavy atom. The lowest BCUT2D eigenvalue weighted by molar-refractivity contribution is 0.277. The van der Waals surface area contributed by atoms with Crippen molar-refractivity contribution in [2.24, 2.45) is 0 Å². The molecule has 9 heteroatoms. The molecule has 0 bridgehead atoms. The van der Waals surface area contributed by atoms with Crippen LogP contribution in [0.2, 0.25) is 0 Å². The third-order valence-electron chi connectivity index (χ3n) is 4.87. The summed E-state index contributed by atoms with van der Waals surface area (Å²) in [4.78, 5) is 8.85. The number of rotatable bonds is 0. The van der Waals surface area contributed by atoms with Gasteiger partial charge in [0.1, 0.15) is 0 Å². The first kappa shape index (κ1) is 26.4. The van der Waals surface area contributed by atoms with Crippen LogP contribution in [0, 0.1) is 0 Å². The Balaban J connectivity index is 0.000000188. The summed E-state index contributed by atoms with van der Waals surface area (Å²) in [5.41, 5.74) is 0. The molecule has 4 aliphatic heterocycles. The molecule has 4 aliphatic rings. The van der Waals surface area contributed by atoms with Gasteiger partial charge in [0.2, 0.25) is 0 Å². The first-order valence-corrected chi connectivity index (χ1v) is 14.9. The molecule has 0 aliphatic carbocycles. The fourth-order valence-corrected chi connectivity index (χ4v) is 7.02. The fraction of sp³-hybridized carbons (Fsp3) is 0.947. The number of hydrogen-bond donors (Lipinski definition) is 0. The second-order valence-corrected chi connectivity index (χ2v) is 13.4. The van der Waals surface area contributed by atoms with Crippen LogP contribution in [-0.4, -0.2) is 130 Å². The summed E-state index contributed by atoms with van der Waals surface area (Å²) in [5, 5.41) is 0. The first-order valence-electron chi connectivity index (χ1n) is 10.2. The van der Waals surface area contributed by atoms with Crippen molar-refractivity contribution in [1.82, 2.24) is 19.6 Å². The van der Waals surface area contributed by atoms with E-state index in [1.165, 1.54) is 50.5 Å². The predicted octanol–water partition coefficient (Wildman–Crippen LogP) is 0.968. The van der Waals surface area contributed by atoms with Crippen LogP contribution < -0.4 is 0 Å². The topological polar surface area (TPSA) is 47.1 Å². The molecular weight excluding hydrogens is 412 g/mol. The Labute approximate surface area is 180 Å². The molecule has 168 valence electrons. The molecule has 0 aromatic rings. The molecule has 4 fully saturated rings. The monoisotopic (exact) mass is 454 g/mol. The van der Waals surface area contributed by atoms with E-state index in [1.54, 1.807) is 0 Å². The van der Waals surface area contributed by atoms with E-state index < -0.39 is 20.3 Å². The fourth-order valence-electron chi connectivity index (χ4n) is 3.04. The van der Waals surface area contributed by atoms with Crippen molar-refractivity contribution in [1.29, 1.82) is 0 Å². The van der Waals surface area contributed by atoms with Gasteiger partial charge in [-0.15, -0.1) is 11.8 Å². The summed E-state index contributed by atoms with van der Waals surface area (Å²) in [5.74, 6) is 9.29. The number of piperidine rings is 1.